The summed E-state index contributed by atoms with van der Waals surface area (Å²) in [4.78, 5) is 53.6. The minimum atomic E-state index is -0.520. The topological polar surface area (TPSA) is 136 Å². The summed E-state index contributed by atoms with van der Waals surface area (Å²) in [5.74, 6) is -1.01. The zero-order chi connectivity index (χ0) is 40.7. The number of aromatic nitrogens is 1. The molecule has 0 bridgehead atoms. The summed E-state index contributed by atoms with van der Waals surface area (Å²) >= 11 is 0. The molecule has 12 nitrogen and oxygen atoms in total. The van der Waals surface area contributed by atoms with Crippen LogP contribution in [0.25, 0.3) is 0 Å². The summed E-state index contributed by atoms with van der Waals surface area (Å²) < 4.78 is 0. The highest BCUT2D eigenvalue weighted by Gasteiger charge is 2.22. The number of hydrogen-bond donors (Lipinski definition) is 2. The second-order valence-corrected chi connectivity index (χ2v) is 14.5. The van der Waals surface area contributed by atoms with Gasteiger partial charge in [0.05, 0.1) is 16.8 Å². The summed E-state index contributed by atoms with van der Waals surface area (Å²) in [6, 6.07) is 39.6. The Morgan fingerprint density at radius 3 is 1.47 bits per heavy atom. The second-order valence-electron chi connectivity index (χ2n) is 14.5. The molecule has 2 aliphatic heterocycles. The number of pyridine rings is 1. The Bertz CT molecular complexity index is 2050. The molecule has 58 heavy (non-hydrogen) atoms. The van der Waals surface area contributed by atoms with Crippen LogP contribution in [0.2, 0.25) is 0 Å². The fourth-order valence-electron chi connectivity index (χ4n) is 7.56. The van der Waals surface area contributed by atoms with Crippen molar-refractivity contribution in [2.75, 3.05) is 98.1 Å². The van der Waals surface area contributed by atoms with Gasteiger partial charge in [0.25, 0.3) is 11.8 Å². The van der Waals surface area contributed by atoms with E-state index in [0.29, 0.717) is 29.9 Å². The van der Waals surface area contributed by atoms with Crippen molar-refractivity contribution in [3.63, 3.8) is 0 Å². The maximum Gasteiger partial charge on any atom is 0.250 e. The van der Waals surface area contributed by atoms with E-state index < -0.39 is 11.8 Å². The fraction of sp³-hybridized carbons (Fsp3) is 0.304. The van der Waals surface area contributed by atoms with Crippen molar-refractivity contribution in [1.29, 1.82) is 0 Å². The molecule has 4 N–H and O–H groups in total. The van der Waals surface area contributed by atoms with E-state index in [0.717, 1.165) is 83.2 Å². The SMILES string of the molecule is CC(=O)N(CCN1CCN(c2ccccc2)CC1)c1ccccc1C(N)=O.NC(=O)c1ccccc1N(CCN1CCN(c2ccccc2)CC1)Cc1ccncc1. The van der Waals surface area contributed by atoms with Crippen LogP contribution in [0.15, 0.2) is 134 Å². The van der Waals surface area contributed by atoms with Gasteiger partial charge in [-0.15, -0.1) is 0 Å². The first kappa shape index (κ1) is 41.4. The summed E-state index contributed by atoms with van der Waals surface area (Å²) in [5, 5.41) is 0. The van der Waals surface area contributed by atoms with Gasteiger partial charge >= 0.3 is 0 Å². The third kappa shape index (κ3) is 11.4. The van der Waals surface area contributed by atoms with Gasteiger partial charge in [-0.25, -0.2) is 0 Å². The molecule has 12 heteroatoms. The normalized spacial score (nSPS) is 14.6. The number of nitrogens with two attached hydrogens (primary N) is 2. The number of amides is 3. The summed E-state index contributed by atoms with van der Waals surface area (Å²) in [5.41, 5.74) is 17.2. The smallest absolute Gasteiger partial charge is 0.250 e. The van der Waals surface area contributed by atoms with Crippen molar-refractivity contribution in [3.8, 4) is 0 Å². The van der Waals surface area contributed by atoms with E-state index in [1.54, 1.807) is 41.6 Å². The Morgan fingerprint density at radius 2 is 0.983 bits per heavy atom. The number of para-hydroxylation sites is 4. The Labute approximate surface area is 342 Å². The first-order chi connectivity index (χ1) is 28.3. The van der Waals surface area contributed by atoms with Crippen LogP contribution in [-0.2, 0) is 11.3 Å². The quantitative estimate of drug-likeness (QED) is 0.160. The van der Waals surface area contributed by atoms with Crippen LogP contribution in [-0.4, -0.2) is 111 Å². The van der Waals surface area contributed by atoms with Gasteiger partial charge in [-0.1, -0.05) is 60.7 Å². The molecule has 3 heterocycles. The molecule has 0 spiro atoms. The highest BCUT2D eigenvalue weighted by atomic mass is 16.2. The third-order valence-electron chi connectivity index (χ3n) is 10.8. The lowest BCUT2D eigenvalue weighted by molar-refractivity contribution is -0.116. The lowest BCUT2D eigenvalue weighted by Gasteiger charge is -2.37. The number of carbonyl (C=O) groups excluding carboxylic acids is 3. The van der Waals surface area contributed by atoms with E-state index in [1.807, 2.05) is 42.5 Å². The van der Waals surface area contributed by atoms with Gasteiger partial charge in [0, 0.05) is 121 Å². The molecule has 0 radical (unpaired) electrons. The van der Waals surface area contributed by atoms with Crippen molar-refractivity contribution >= 4 is 40.5 Å². The van der Waals surface area contributed by atoms with Gasteiger partial charge in [0.1, 0.15) is 0 Å². The molecule has 2 fully saturated rings. The van der Waals surface area contributed by atoms with Crippen molar-refractivity contribution in [2.24, 2.45) is 11.5 Å². The van der Waals surface area contributed by atoms with E-state index in [2.05, 4.69) is 84.1 Å². The molecule has 302 valence electrons. The first-order valence-electron chi connectivity index (χ1n) is 20.0. The van der Waals surface area contributed by atoms with E-state index in [1.165, 1.54) is 18.3 Å². The number of primary amides is 2. The molecule has 5 aromatic rings. The van der Waals surface area contributed by atoms with Crippen LogP contribution in [0.5, 0.6) is 0 Å². The summed E-state index contributed by atoms with van der Waals surface area (Å²) in [7, 11) is 0. The Morgan fingerprint density at radius 1 is 0.552 bits per heavy atom. The van der Waals surface area contributed by atoms with E-state index >= 15 is 0 Å². The van der Waals surface area contributed by atoms with Gasteiger partial charge in [0.2, 0.25) is 5.91 Å². The Balaban J connectivity index is 0.000000198. The molecule has 1 aromatic heterocycles. The Hall–Kier alpha value is -6.24. The van der Waals surface area contributed by atoms with Crippen LogP contribution in [0.1, 0.15) is 33.2 Å². The van der Waals surface area contributed by atoms with Crippen molar-refractivity contribution in [1.82, 2.24) is 14.8 Å². The summed E-state index contributed by atoms with van der Waals surface area (Å²) in [6.07, 6.45) is 3.60. The van der Waals surface area contributed by atoms with Crippen molar-refractivity contribution < 1.29 is 14.4 Å². The molecule has 3 amide bonds. The largest absolute Gasteiger partial charge is 0.369 e. The van der Waals surface area contributed by atoms with Gasteiger partial charge in [-0.05, 0) is 66.2 Å². The molecule has 0 saturated carbocycles. The predicted molar refractivity (Wildman–Crippen MR) is 233 cm³/mol. The number of hydrogen-bond acceptors (Lipinski definition) is 9. The van der Waals surface area contributed by atoms with Crippen LogP contribution < -0.4 is 31.1 Å². The zero-order valence-corrected chi connectivity index (χ0v) is 33.4. The van der Waals surface area contributed by atoms with Crippen LogP contribution in [0, 0.1) is 0 Å². The van der Waals surface area contributed by atoms with Crippen LogP contribution in [0.3, 0.4) is 0 Å². The average Bonchev–Trinajstić information content (AvgIpc) is 3.27. The maximum absolute atomic E-state index is 12.2. The van der Waals surface area contributed by atoms with E-state index in [-0.39, 0.29) is 5.91 Å². The van der Waals surface area contributed by atoms with Crippen molar-refractivity contribution in [3.05, 3.63) is 150 Å². The predicted octanol–water partition coefficient (Wildman–Crippen LogP) is 4.97. The molecular weight excluding hydrogens is 727 g/mol. The molecule has 2 aliphatic rings. The van der Waals surface area contributed by atoms with E-state index in [9.17, 15) is 14.4 Å². The highest BCUT2D eigenvalue weighted by molar-refractivity contribution is 6.03. The number of rotatable bonds is 14. The van der Waals surface area contributed by atoms with Gasteiger partial charge in [0.15, 0.2) is 0 Å². The number of anilines is 4. The minimum absolute atomic E-state index is 0.0911. The third-order valence-corrected chi connectivity index (χ3v) is 10.8. The Kier molecular flexibility index (Phi) is 14.8. The lowest BCUT2D eigenvalue weighted by atomic mass is 10.1. The standard InChI is InChI=1S/C25H29N5O.C21H26N4O2/c26-25(31)23-8-4-5-9-24(23)30(20-21-10-12-27-13-11-21)19-16-28-14-17-29(18-15-28)22-6-2-1-3-7-22;1-17(26)25(20-10-6-5-9-19(20)21(22)27)16-13-23-11-14-24(15-12-23)18-7-3-2-4-8-18/h1-13H,14-20H2,(H2,26,31);2-10H,11-16H2,1H3,(H2,22,27). The second kappa shape index (κ2) is 20.8. The molecule has 0 unspecified atom stereocenters. The van der Waals surface area contributed by atoms with Crippen LogP contribution in [0.4, 0.5) is 22.7 Å². The molecular formula is C46H55N9O3. The molecule has 4 aromatic carbocycles. The lowest BCUT2D eigenvalue weighted by Crippen LogP contribution is -2.49. The minimum Gasteiger partial charge on any atom is -0.369 e. The van der Waals surface area contributed by atoms with Gasteiger partial charge < -0.3 is 31.1 Å². The first-order valence-corrected chi connectivity index (χ1v) is 20.0. The van der Waals surface area contributed by atoms with Crippen molar-refractivity contribution in [2.45, 2.75) is 13.5 Å². The molecule has 0 aliphatic carbocycles. The maximum atomic E-state index is 12.2. The fourth-order valence-corrected chi connectivity index (χ4v) is 7.56. The highest BCUT2D eigenvalue weighted by Crippen LogP contribution is 2.24. The number of benzene rings is 4. The number of nitrogens with zero attached hydrogens (tertiary/aromatic N) is 7. The average molecular weight is 782 g/mol. The van der Waals surface area contributed by atoms with E-state index in [4.69, 9.17) is 11.5 Å². The van der Waals surface area contributed by atoms with Crippen LogP contribution >= 0.6 is 0 Å². The molecule has 7 rings (SSSR count). The van der Waals surface area contributed by atoms with Gasteiger partial charge in [-0.2, -0.15) is 0 Å². The monoisotopic (exact) mass is 781 g/mol. The zero-order valence-electron chi connectivity index (χ0n) is 33.4. The number of carbonyl (C=O) groups is 3. The van der Waals surface area contributed by atoms with Gasteiger partial charge in [-0.3, -0.25) is 29.2 Å². The molecule has 2 saturated heterocycles. The number of piperazine rings is 2. The summed E-state index contributed by atoms with van der Waals surface area (Å²) in [6.45, 7) is 13.2. The molecule has 0 atom stereocenters.